The lowest BCUT2D eigenvalue weighted by molar-refractivity contribution is 0.164. The fourth-order valence-electron chi connectivity index (χ4n) is 1.86. The van der Waals surface area contributed by atoms with Gasteiger partial charge in [-0.2, -0.15) is 0 Å². The second kappa shape index (κ2) is 6.88. The van der Waals surface area contributed by atoms with E-state index < -0.39 is 17.7 Å². The molecule has 0 saturated heterocycles. The van der Waals surface area contributed by atoms with Gasteiger partial charge in [0, 0.05) is 18.5 Å². The van der Waals surface area contributed by atoms with E-state index in [0.717, 1.165) is 29.3 Å². The first-order valence-corrected chi connectivity index (χ1v) is 7.25. The summed E-state index contributed by atoms with van der Waals surface area (Å²) in [5.41, 5.74) is 0.570. The summed E-state index contributed by atoms with van der Waals surface area (Å²) in [6, 6.07) is 3.54. The van der Waals surface area contributed by atoms with Gasteiger partial charge in [0.2, 0.25) is 0 Å². The molecule has 0 saturated carbocycles. The molecule has 6 heteroatoms. The molecule has 0 aliphatic heterocycles. The van der Waals surface area contributed by atoms with E-state index in [9.17, 15) is 13.9 Å². The Balaban J connectivity index is 1.90. The monoisotopic (exact) mass is 298 g/mol. The van der Waals surface area contributed by atoms with Gasteiger partial charge in [0.1, 0.15) is 11.6 Å². The van der Waals surface area contributed by atoms with Crippen LogP contribution in [0, 0.1) is 11.6 Å². The third kappa shape index (κ3) is 3.59. The zero-order valence-corrected chi connectivity index (χ0v) is 11.9. The average Bonchev–Trinajstić information content (AvgIpc) is 2.86. The van der Waals surface area contributed by atoms with Crippen LogP contribution in [0.3, 0.4) is 0 Å². The summed E-state index contributed by atoms with van der Waals surface area (Å²) < 4.78 is 26.9. The highest BCUT2D eigenvalue weighted by molar-refractivity contribution is 7.09. The molecule has 2 aromatic rings. The standard InChI is InChI=1S/C14H16F2N2OS/c1-2-13-18-9(8-20-13)6-17-7-12(19)14-10(15)4-3-5-11(14)16/h3-5,8,12,17,19H,2,6-7H2,1H3. The van der Waals surface area contributed by atoms with Gasteiger partial charge in [-0.15, -0.1) is 11.3 Å². The van der Waals surface area contributed by atoms with E-state index in [2.05, 4.69) is 10.3 Å². The number of halogens is 2. The van der Waals surface area contributed by atoms with Crippen molar-refractivity contribution in [3.63, 3.8) is 0 Å². The molecular weight excluding hydrogens is 282 g/mol. The van der Waals surface area contributed by atoms with E-state index >= 15 is 0 Å². The lowest BCUT2D eigenvalue weighted by Gasteiger charge is -2.13. The number of thiazole rings is 1. The maximum Gasteiger partial charge on any atom is 0.131 e. The Morgan fingerprint density at radius 1 is 1.35 bits per heavy atom. The van der Waals surface area contributed by atoms with E-state index in [4.69, 9.17) is 0 Å². The Bertz CT molecular complexity index is 554. The van der Waals surface area contributed by atoms with E-state index in [0.29, 0.717) is 6.54 Å². The highest BCUT2D eigenvalue weighted by Crippen LogP contribution is 2.20. The molecular formula is C14H16F2N2OS. The number of aliphatic hydroxyl groups excluding tert-OH is 1. The molecule has 1 unspecified atom stereocenters. The quantitative estimate of drug-likeness (QED) is 0.862. The summed E-state index contributed by atoms with van der Waals surface area (Å²) >= 11 is 1.58. The second-order valence-corrected chi connectivity index (χ2v) is 5.31. The lowest BCUT2D eigenvalue weighted by atomic mass is 10.1. The summed E-state index contributed by atoms with van der Waals surface area (Å²) in [5, 5.41) is 15.8. The Kier molecular flexibility index (Phi) is 5.17. The number of aromatic nitrogens is 1. The molecule has 0 fully saturated rings. The van der Waals surface area contributed by atoms with Gasteiger partial charge in [0.15, 0.2) is 0 Å². The molecule has 108 valence electrons. The fourth-order valence-corrected chi connectivity index (χ4v) is 2.61. The van der Waals surface area contributed by atoms with Crippen LogP contribution in [0.25, 0.3) is 0 Å². The molecule has 0 bridgehead atoms. The van der Waals surface area contributed by atoms with Gasteiger partial charge in [0.05, 0.1) is 22.4 Å². The summed E-state index contributed by atoms with van der Waals surface area (Å²) in [6.45, 7) is 2.56. The maximum absolute atomic E-state index is 13.5. The predicted molar refractivity (Wildman–Crippen MR) is 74.5 cm³/mol. The zero-order valence-electron chi connectivity index (χ0n) is 11.1. The number of aliphatic hydroxyl groups is 1. The van der Waals surface area contributed by atoms with Crippen LogP contribution in [0.2, 0.25) is 0 Å². The van der Waals surface area contributed by atoms with Crippen molar-refractivity contribution in [2.24, 2.45) is 0 Å². The van der Waals surface area contributed by atoms with Crippen molar-refractivity contribution in [3.8, 4) is 0 Å². The zero-order chi connectivity index (χ0) is 14.5. The molecule has 3 nitrogen and oxygen atoms in total. The SMILES string of the molecule is CCc1nc(CNCC(O)c2c(F)cccc2F)cs1. The van der Waals surface area contributed by atoms with Crippen molar-refractivity contribution in [1.82, 2.24) is 10.3 Å². The smallest absolute Gasteiger partial charge is 0.131 e. The van der Waals surface area contributed by atoms with Gasteiger partial charge in [-0.25, -0.2) is 13.8 Å². The number of aryl methyl sites for hydroxylation is 1. The van der Waals surface area contributed by atoms with E-state index in [1.54, 1.807) is 11.3 Å². The number of benzene rings is 1. The molecule has 2 N–H and O–H groups in total. The van der Waals surface area contributed by atoms with Crippen molar-refractivity contribution >= 4 is 11.3 Å². The Labute approximate surface area is 120 Å². The van der Waals surface area contributed by atoms with Crippen molar-refractivity contribution in [1.29, 1.82) is 0 Å². The molecule has 0 aliphatic carbocycles. The van der Waals surface area contributed by atoms with E-state index in [1.807, 2.05) is 12.3 Å². The Hall–Kier alpha value is -1.37. The van der Waals surface area contributed by atoms with Crippen LogP contribution in [0.15, 0.2) is 23.6 Å². The first-order valence-electron chi connectivity index (χ1n) is 6.37. The third-order valence-electron chi connectivity index (χ3n) is 2.88. The molecule has 0 radical (unpaired) electrons. The van der Waals surface area contributed by atoms with Crippen LogP contribution in [0.5, 0.6) is 0 Å². The first-order chi connectivity index (χ1) is 9.61. The van der Waals surface area contributed by atoms with Crippen LogP contribution in [-0.4, -0.2) is 16.6 Å². The first kappa shape index (κ1) is 15.0. The molecule has 0 aliphatic rings. The Morgan fingerprint density at radius 2 is 2.05 bits per heavy atom. The van der Waals surface area contributed by atoms with Crippen LogP contribution >= 0.6 is 11.3 Å². The molecule has 1 aromatic carbocycles. The van der Waals surface area contributed by atoms with Gasteiger partial charge in [-0.1, -0.05) is 13.0 Å². The largest absolute Gasteiger partial charge is 0.387 e. The van der Waals surface area contributed by atoms with Crippen LogP contribution in [0.4, 0.5) is 8.78 Å². The number of hydrogen-bond donors (Lipinski definition) is 2. The minimum atomic E-state index is -1.22. The number of hydrogen-bond acceptors (Lipinski definition) is 4. The van der Waals surface area contributed by atoms with Crippen LogP contribution in [-0.2, 0) is 13.0 Å². The van der Waals surface area contributed by atoms with Gasteiger partial charge < -0.3 is 10.4 Å². The molecule has 1 aromatic heterocycles. The molecule has 1 atom stereocenters. The van der Waals surface area contributed by atoms with Crippen molar-refractivity contribution in [2.75, 3.05) is 6.54 Å². The lowest BCUT2D eigenvalue weighted by Crippen LogP contribution is -2.22. The van der Waals surface area contributed by atoms with E-state index in [1.165, 1.54) is 6.07 Å². The minimum absolute atomic E-state index is 0.0663. The van der Waals surface area contributed by atoms with E-state index in [-0.39, 0.29) is 12.1 Å². The predicted octanol–water partition coefficient (Wildman–Crippen LogP) is 2.81. The van der Waals surface area contributed by atoms with Crippen molar-refractivity contribution in [2.45, 2.75) is 26.0 Å². The summed E-state index contributed by atoms with van der Waals surface area (Å²) in [6.07, 6.45) is -0.339. The van der Waals surface area contributed by atoms with Gasteiger partial charge in [0.25, 0.3) is 0 Å². The highest BCUT2D eigenvalue weighted by Gasteiger charge is 2.17. The summed E-state index contributed by atoms with van der Waals surface area (Å²) in [7, 11) is 0. The molecule has 20 heavy (non-hydrogen) atoms. The van der Waals surface area contributed by atoms with Gasteiger partial charge in [-0.05, 0) is 18.6 Å². The molecule has 1 heterocycles. The van der Waals surface area contributed by atoms with Gasteiger partial charge >= 0.3 is 0 Å². The van der Waals surface area contributed by atoms with Crippen LogP contribution in [0.1, 0.15) is 29.3 Å². The topological polar surface area (TPSA) is 45.2 Å². The number of nitrogens with one attached hydrogen (secondary N) is 1. The highest BCUT2D eigenvalue weighted by atomic mass is 32.1. The summed E-state index contributed by atoms with van der Waals surface area (Å²) in [4.78, 5) is 4.36. The fraction of sp³-hybridized carbons (Fsp3) is 0.357. The van der Waals surface area contributed by atoms with Crippen LogP contribution < -0.4 is 5.32 Å². The summed E-state index contributed by atoms with van der Waals surface area (Å²) in [5.74, 6) is -1.47. The number of nitrogens with zero attached hydrogens (tertiary/aromatic N) is 1. The minimum Gasteiger partial charge on any atom is -0.387 e. The van der Waals surface area contributed by atoms with Gasteiger partial charge in [-0.3, -0.25) is 0 Å². The van der Waals surface area contributed by atoms with Crippen molar-refractivity contribution < 1.29 is 13.9 Å². The molecule has 2 rings (SSSR count). The third-order valence-corrected chi connectivity index (χ3v) is 3.92. The number of rotatable bonds is 6. The normalized spacial score (nSPS) is 12.6. The molecule has 0 spiro atoms. The molecule has 0 amide bonds. The Morgan fingerprint density at radius 3 is 2.65 bits per heavy atom. The maximum atomic E-state index is 13.5. The average molecular weight is 298 g/mol. The second-order valence-electron chi connectivity index (χ2n) is 4.37. The van der Waals surface area contributed by atoms with Crippen molar-refractivity contribution in [3.05, 3.63) is 51.5 Å².